The molecular formula is C15H20N2O3. The summed E-state index contributed by atoms with van der Waals surface area (Å²) in [4.78, 5) is 4.41. The summed E-state index contributed by atoms with van der Waals surface area (Å²) in [6.45, 7) is 5.78. The topological polar surface area (TPSA) is 68.4 Å². The standard InChI is InChI=1S/C15H20N2O3/c1-9(2)13(10(3)18)15-16-14(17-20-15)11-6-5-7-12(8-11)19-4/h5-10,13,18H,1-4H3. The van der Waals surface area contributed by atoms with E-state index in [4.69, 9.17) is 9.26 Å². The summed E-state index contributed by atoms with van der Waals surface area (Å²) < 4.78 is 10.5. The van der Waals surface area contributed by atoms with Gasteiger partial charge in [0.05, 0.1) is 19.1 Å². The molecule has 0 aliphatic heterocycles. The zero-order valence-electron chi connectivity index (χ0n) is 12.2. The SMILES string of the molecule is COc1cccc(-c2noc(C(C(C)C)C(C)O)n2)c1. The number of aliphatic hydroxyl groups is 1. The van der Waals surface area contributed by atoms with Crippen molar-refractivity contribution >= 4 is 0 Å². The molecule has 0 aliphatic carbocycles. The minimum Gasteiger partial charge on any atom is -0.497 e. The molecule has 1 aromatic carbocycles. The minimum absolute atomic E-state index is 0.165. The van der Waals surface area contributed by atoms with E-state index < -0.39 is 6.10 Å². The minimum atomic E-state index is -0.534. The highest BCUT2D eigenvalue weighted by atomic mass is 16.5. The summed E-state index contributed by atoms with van der Waals surface area (Å²) in [6.07, 6.45) is -0.534. The maximum absolute atomic E-state index is 9.85. The molecule has 2 rings (SSSR count). The Hall–Kier alpha value is -1.88. The Bertz CT molecular complexity index is 556. The van der Waals surface area contributed by atoms with Crippen LogP contribution in [0, 0.1) is 5.92 Å². The lowest BCUT2D eigenvalue weighted by Crippen LogP contribution is -2.20. The highest BCUT2D eigenvalue weighted by Crippen LogP contribution is 2.29. The Kier molecular flexibility index (Phi) is 4.39. The van der Waals surface area contributed by atoms with Crippen LogP contribution in [0.3, 0.4) is 0 Å². The van der Waals surface area contributed by atoms with E-state index in [1.54, 1.807) is 14.0 Å². The third-order valence-electron chi connectivity index (χ3n) is 3.29. The second kappa shape index (κ2) is 6.05. The van der Waals surface area contributed by atoms with Crippen molar-refractivity contribution in [3.8, 4) is 17.1 Å². The molecule has 0 saturated carbocycles. The van der Waals surface area contributed by atoms with Crippen LogP contribution in [-0.2, 0) is 0 Å². The molecule has 0 spiro atoms. The fraction of sp³-hybridized carbons (Fsp3) is 0.467. The smallest absolute Gasteiger partial charge is 0.232 e. The van der Waals surface area contributed by atoms with Gasteiger partial charge in [0.25, 0.3) is 0 Å². The summed E-state index contributed by atoms with van der Waals surface area (Å²) in [5.41, 5.74) is 0.826. The largest absolute Gasteiger partial charge is 0.497 e. The van der Waals surface area contributed by atoms with E-state index in [1.807, 2.05) is 38.1 Å². The first-order chi connectivity index (χ1) is 9.52. The Morgan fingerprint density at radius 1 is 1.25 bits per heavy atom. The second-order valence-corrected chi connectivity index (χ2v) is 5.20. The Balaban J connectivity index is 2.32. The molecule has 108 valence electrons. The lowest BCUT2D eigenvalue weighted by Gasteiger charge is -2.19. The van der Waals surface area contributed by atoms with E-state index >= 15 is 0 Å². The van der Waals surface area contributed by atoms with E-state index in [-0.39, 0.29) is 11.8 Å². The van der Waals surface area contributed by atoms with Gasteiger partial charge < -0.3 is 14.4 Å². The highest BCUT2D eigenvalue weighted by Gasteiger charge is 2.27. The van der Waals surface area contributed by atoms with Crippen LogP contribution >= 0.6 is 0 Å². The lowest BCUT2D eigenvalue weighted by atomic mass is 9.91. The fourth-order valence-electron chi connectivity index (χ4n) is 2.30. The van der Waals surface area contributed by atoms with Crippen molar-refractivity contribution in [3.63, 3.8) is 0 Å². The Labute approximate surface area is 118 Å². The van der Waals surface area contributed by atoms with E-state index in [9.17, 15) is 5.11 Å². The molecule has 5 heteroatoms. The first kappa shape index (κ1) is 14.5. The number of nitrogens with zero attached hydrogens (tertiary/aromatic N) is 2. The van der Waals surface area contributed by atoms with Crippen LogP contribution in [0.15, 0.2) is 28.8 Å². The average Bonchev–Trinajstić information content (AvgIpc) is 2.87. The van der Waals surface area contributed by atoms with Gasteiger partial charge >= 0.3 is 0 Å². The van der Waals surface area contributed by atoms with Crippen molar-refractivity contribution in [2.75, 3.05) is 7.11 Å². The number of rotatable bonds is 5. The van der Waals surface area contributed by atoms with Gasteiger partial charge in [0.15, 0.2) is 0 Å². The molecule has 2 unspecified atom stereocenters. The molecule has 2 atom stereocenters. The summed E-state index contributed by atoms with van der Waals surface area (Å²) in [6, 6.07) is 7.47. The summed E-state index contributed by atoms with van der Waals surface area (Å²) in [5.74, 6) is 1.76. The molecule has 0 amide bonds. The molecule has 5 nitrogen and oxygen atoms in total. The van der Waals surface area contributed by atoms with Crippen molar-refractivity contribution in [1.82, 2.24) is 10.1 Å². The van der Waals surface area contributed by atoms with Crippen LogP contribution in [0.1, 0.15) is 32.6 Å². The molecule has 1 aromatic heterocycles. The van der Waals surface area contributed by atoms with E-state index in [0.717, 1.165) is 11.3 Å². The number of aromatic nitrogens is 2. The van der Waals surface area contributed by atoms with Crippen LogP contribution in [-0.4, -0.2) is 28.5 Å². The van der Waals surface area contributed by atoms with Gasteiger partial charge in [-0.2, -0.15) is 4.98 Å². The lowest BCUT2D eigenvalue weighted by molar-refractivity contribution is 0.120. The third kappa shape index (κ3) is 2.99. The van der Waals surface area contributed by atoms with Gasteiger partial charge in [0, 0.05) is 5.56 Å². The van der Waals surface area contributed by atoms with Crippen molar-refractivity contribution in [1.29, 1.82) is 0 Å². The van der Waals surface area contributed by atoms with Crippen LogP contribution in [0.2, 0.25) is 0 Å². The number of hydrogen-bond donors (Lipinski definition) is 1. The average molecular weight is 276 g/mol. The summed E-state index contributed by atoms with van der Waals surface area (Å²) in [5, 5.41) is 13.8. The van der Waals surface area contributed by atoms with Gasteiger partial charge in [-0.25, -0.2) is 0 Å². The van der Waals surface area contributed by atoms with E-state index in [1.165, 1.54) is 0 Å². The number of ether oxygens (including phenoxy) is 1. The van der Waals surface area contributed by atoms with E-state index in [0.29, 0.717) is 11.7 Å². The molecular weight excluding hydrogens is 256 g/mol. The molecule has 0 saturated heterocycles. The number of hydrogen-bond acceptors (Lipinski definition) is 5. The Morgan fingerprint density at radius 3 is 2.60 bits per heavy atom. The van der Waals surface area contributed by atoms with Crippen molar-refractivity contribution in [3.05, 3.63) is 30.2 Å². The van der Waals surface area contributed by atoms with E-state index in [2.05, 4.69) is 10.1 Å². The fourth-order valence-corrected chi connectivity index (χ4v) is 2.30. The van der Waals surface area contributed by atoms with Gasteiger partial charge in [-0.15, -0.1) is 0 Å². The number of benzene rings is 1. The molecule has 1 heterocycles. The molecule has 0 aliphatic rings. The predicted molar refractivity (Wildman–Crippen MR) is 75.5 cm³/mol. The zero-order valence-corrected chi connectivity index (χ0v) is 12.2. The highest BCUT2D eigenvalue weighted by molar-refractivity contribution is 5.56. The van der Waals surface area contributed by atoms with Gasteiger partial charge in [-0.1, -0.05) is 31.1 Å². The van der Waals surface area contributed by atoms with Crippen LogP contribution in [0.25, 0.3) is 11.4 Å². The second-order valence-electron chi connectivity index (χ2n) is 5.20. The summed E-state index contributed by atoms with van der Waals surface area (Å²) >= 11 is 0. The van der Waals surface area contributed by atoms with Gasteiger partial charge in [0.2, 0.25) is 11.7 Å². The predicted octanol–water partition coefficient (Wildman–Crippen LogP) is 2.87. The Morgan fingerprint density at radius 2 is 2.00 bits per heavy atom. The molecule has 0 radical (unpaired) electrons. The quantitative estimate of drug-likeness (QED) is 0.909. The third-order valence-corrected chi connectivity index (χ3v) is 3.29. The molecule has 1 N–H and O–H groups in total. The van der Waals surface area contributed by atoms with Gasteiger partial charge in [0.1, 0.15) is 5.75 Å². The monoisotopic (exact) mass is 276 g/mol. The molecule has 0 bridgehead atoms. The first-order valence-electron chi connectivity index (χ1n) is 6.69. The van der Waals surface area contributed by atoms with Crippen LogP contribution < -0.4 is 4.74 Å². The number of methoxy groups -OCH3 is 1. The maximum atomic E-state index is 9.85. The van der Waals surface area contributed by atoms with Gasteiger partial charge in [-0.05, 0) is 25.0 Å². The molecule has 0 fully saturated rings. The first-order valence-corrected chi connectivity index (χ1v) is 6.69. The number of aliphatic hydroxyl groups excluding tert-OH is 1. The zero-order chi connectivity index (χ0) is 14.7. The van der Waals surface area contributed by atoms with Crippen LogP contribution in [0.5, 0.6) is 5.75 Å². The van der Waals surface area contributed by atoms with Crippen molar-refractivity contribution < 1.29 is 14.4 Å². The summed E-state index contributed by atoms with van der Waals surface area (Å²) in [7, 11) is 1.61. The van der Waals surface area contributed by atoms with Crippen molar-refractivity contribution in [2.24, 2.45) is 5.92 Å². The van der Waals surface area contributed by atoms with Gasteiger partial charge in [-0.3, -0.25) is 0 Å². The van der Waals surface area contributed by atoms with Crippen LogP contribution in [0.4, 0.5) is 0 Å². The molecule has 20 heavy (non-hydrogen) atoms. The molecule has 2 aromatic rings. The van der Waals surface area contributed by atoms with Crippen molar-refractivity contribution in [2.45, 2.75) is 32.8 Å². The maximum Gasteiger partial charge on any atom is 0.232 e. The normalized spacial score (nSPS) is 14.3.